The van der Waals surface area contributed by atoms with Gasteiger partial charge in [-0.25, -0.2) is 0 Å². The third kappa shape index (κ3) is 4.95. The van der Waals surface area contributed by atoms with E-state index >= 15 is 0 Å². The fourth-order valence-electron chi connectivity index (χ4n) is 1.87. The Kier molecular flexibility index (Phi) is 5.43. The highest BCUT2D eigenvalue weighted by Gasteiger charge is 2.09. The molecule has 0 atom stereocenters. The maximum atomic E-state index is 5.96. The lowest BCUT2D eigenvalue weighted by Crippen LogP contribution is -2.31. The molecule has 0 unspecified atom stereocenters. The summed E-state index contributed by atoms with van der Waals surface area (Å²) in [5, 5.41) is 0. The third-order valence-corrected chi connectivity index (χ3v) is 3.00. The second-order valence-electron chi connectivity index (χ2n) is 5.49. The van der Waals surface area contributed by atoms with Gasteiger partial charge in [-0.3, -0.25) is 0 Å². The number of rotatable bonds is 6. The number of methoxy groups -OCH3 is 2. The van der Waals surface area contributed by atoms with E-state index in [0.717, 1.165) is 35.5 Å². The molecule has 19 heavy (non-hydrogen) atoms. The van der Waals surface area contributed by atoms with Crippen molar-refractivity contribution >= 4 is 6.08 Å². The first-order chi connectivity index (χ1) is 8.87. The van der Waals surface area contributed by atoms with Crippen molar-refractivity contribution in [2.45, 2.75) is 39.2 Å². The van der Waals surface area contributed by atoms with Crippen LogP contribution >= 0.6 is 0 Å². The van der Waals surface area contributed by atoms with Gasteiger partial charge >= 0.3 is 0 Å². The maximum Gasteiger partial charge on any atom is 0.126 e. The molecule has 1 aromatic carbocycles. The molecule has 0 aliphatic rings. The number of aryl methyl sites for hydroxylation is 1. The molecule has 3 heteroatoms. The number of nitrogens with two attached hydrogens (primary N) is 1. The SMILES string of the molecule is COc1cc(/C=C/CCC(C)(C)N)c(OC)cc1C. The van der Waals surface area contributed by atoms with Crippen LogP contribution in [-0.2, 0) is 0 Å². The van der Waals surface area contributed by atoms with Crippen molar-refractivity contribution in [2.24, 2.45) is 5.73 Å². The Bertz CT molecular complexity index is 445. The molecule has 0 fully saturated rings. The molecule has 0 saturated carbocycles. The Hall–Kier alpha value is -1.48. The van der Waals surface area contributed by atoms with Crippen molar-refractivity contribution in [3.05, 3.63) is 29.3 Å². The summed E-state index contributed by atoms with van der Waals surface area (Å²) < 4.78 is 10.7. The van der Waals surface area contributed by atoms with Crippen LogP contribution in [0.5, 0.6) is 11.5 Å². The predicted octanol–water partition coefficient (Wildman–Crippen LogP) is 3.54. The first-order valence-corrected chi connectivity index (χ1v) is 6.55. The zero-order valence-electron chi connectivity index (χ0n) is 12.6. The molecule has 0 aliphatic heterocycles. The minimum absolute atomic E-state index is 0.126. The van der Waals surface area contributed by atoms with E-state index in [-0.39, 0.29) is 5.54 Å². The zero-order chi connectivity index (χ0) is 14.5. The van der Waals surface area contributed by atoms with Gasteiger partial charge in [-0.05, 0) is 51.3 Å². The van der Waals surface area contributed by atoms with Gasteiger partial charge in [0.15, 0.2) is 0 Å². The van der Waals surface area contributed by atoms with E-state index in [1.165, 1.54) is 0 Å². The quantitative estimate of drug-likeness (QED) is 0.853. The number of allylic oxidation sites excluding steroid dienone is 1. The van der Waals surface area contributed by atoms with Crippen LogP contribution < -0.4 is 15.2 Å². The lowest BCUT2D eigenvalue weighted by atomic mass is 9.99. The van der Waals surface area contributed by atoms with Gasteiger partial charge in [0.2, 0.25) is 0 Å². The van der Waals surface area contributed by atoms with Gasteiger partial charge in [0, 0.05) is 11.1 Å². The molecule has 0 aromatic heterocycles. The monoisotopic (exact) mass is 263 g/mol. The van der Waals surface area contributed by atoms with Crippen LogP contribution in [0.25, 0.3) is 6.08 Å². The lowest BCUT2D eigenvalue weighted by Gasteiger charge is -2.16. The van der Waals surface area contributed by atoms with Crippen LogP contribution in [0.4, 0.5) is 0 Å². The van der Waals surface area contributed by atoms with Crippen LogP contribution in [0.2, 0.25) is 0 Å². The molecule has 0 aliphatic carbocycles. The average Bonchev–Trinajstić information content (AvgIpc) is 2.34. The molecule has 3 nitrogen and oxygen atoms in total. The molecule has 106 valence electrons. The highest BCUT2D eigenvalue weighted by atomic mass is 16.5. The van der Waals surface area contributed by atoms with Crippen molar-refractivity contribution < 1.29 is 9.47 Å². The van der Waals surface area contributed by atoms with Crippen LogP contribution in [0.3, 0.4) is 0 Å². The summed E-state index contributed by atoms with van der Waals surface area (Å²) in [5.74, 6) is 1.74. The standard InChI is InChI=1S/C16H25NO2/c1-12-10-15(19-5)13(11-14(12)18-4)8-6-7-9-16(2,3)17/h6,8,10-11H,7,9,17H2,1-5H3/b8-6+. The van der Waals surface area contributed by atoms with Gasteiger partial charge < -0.3 is 15.2 Å². The molecule has 0 radical (unpaired) electrons. The smallest absolute Gasteiger partial charge is 0.126 e. The van der Waals surface area contributed by atoms with Crippen molar-refractivity contribution in [2.75, 3.05) is 14.2 Å². The van der Waals surface area contributed by atoms with Crippen LogP contribution in [0.1, 0.15) is 37.8 Å². The van der Waals surface area contributed by atoms with Gasteiger partial charge in [-0.15, -0.1) is 0 Å². The average molecular weight is 263 g/mol. The summed E-state index contributed by atoms with van der Waals surface area (Å²) >= 11 is 0. The third-order valence-electron chi connectivity index (χ3n) is 3.00. The zero-order valence-corrected chi connectivity index (χ0v) is 12.6. The van der Waals surface area contributed by atoms with E-state index in [1.807, 2.05) is 32.9 Å². The Balaban J connectivity index is 2.84. The van der Waals surface area contributed by atoms with Crippen molar-refractivity contribution in [1.29, 1.82) is 0 Å². The van der Waals surface area contributed by atoms with E-state index in [4.69, 9.17) is 15.2 Å². The van der Waals surface area contributed by atoms with Crippen molar-refractivity contribution in [3.8, 4) is 11.5 Å². The summed E-state index contributed by atoms with van der Waals surface area (Å²) in [6.45, 7) is 6.08. The van der Waals surface area contributed by atoms with E-state index in [1.54, 1.807) is 14.2 Å². The fourth-order valence-corrected chi connectivity index (χ4v) is 1.87. The molecule has 0 heterocycles. The molecule has 0 spiro atoms. The fraction of sp³-hybridized carbons (Fsp3) is 0.500. The first kappa shape index (κ1) is 15.6. The Morgan fingerprint density at radius 2 is 1.79 bits per heavy atom. The van der Waals surface area contributed by atoms with Gasteiger partial charge in [0.25, 0.3) is 0 Å². The minimum atomic E-state index is -0.126. The number of benzene rings is 1. The second kappa shape index (κ2) is 6.62. The molecule has 1 rings (SSSR count). The summed E-state index contributed by atoms with van der Waals surface area (Å²) in [5.41, 5.74) is 7.93. The molecule has 0 amide bonds. The first-order valence-electron chi connectivity index (χ1n) is 6.55. The highest BCUT2D eigenvalue weighted by Crippen LogP contribution is 2.29. The predicted molar refractivity (Wildman–Crippen MR) is 80.8 cm³/mol. The molecule has 0 bridgehead atoms. The van der Waals surface area contributed by atoms with Gasteiger partial charge in [0.05, 0.1) is 14.2 Å². The van der Waals surface area contributed by atoms with Crippen molar-refractivity contribution in [1.82, 2.24) is 0 Å². The summed E-state index contributed by atoms with van der Waals surface area (Å²) in [6, 6.07) is 3.99. The molecular formula is C16H25NO2. The largest absolute Gasteiger partial charge is 0.496 e. The molecule has 0 saturated heterocycles. The topological polar surface area (TPSA) is 44.5 Å². The Morgan fingerprint density at radius 3 is 2.32 bits per heavy atom. The number of hydrogen-bond donors (Lipinski definition) is 1. The normalized spacial score (nSPS) is 11.9. The Labute approximate surface area is 116 Å². The van der Waals surface area contributed by atoms with E-state index < -0.39 is 0 Å². The summed E-state index contributed by atoms with van der Waals surface area (Å²) in [4.78, 5) is 0. The highest BCUT2D eigenvalue weighted by molar-refractivity contribution is 5.61. The van der Waals surface area contributed by atoms with Gasteiger partial charge in [-0.1, -0.05) is 12.2 Å². The van der Waals surface area contributed by atoms with E-state index in [0.29, 0.717) is 0 Å². The molecular weight excluding hydrogens is 238 g/mol. The number of hydrogen-bond acceptors (Lipinski definition) is 3. The van der Waals surface area contributed by atoms with Gasteiger partial charge in [0.1, 0.15) is 11.5 Å². The van der Waals surface area contributed by atoms with E-state index in [2.05, 4.69) is 12.2 Å². The maximum absolute atomic E-state index is 5.96. The van der Waals surface area contributed by atoms with E-state index in [9.17, 15) is 0 Å². The van der Waals surface area contributed by atoms with Crippen LogP contribution in [0, 0.1) is 6.92 Å². The Morgan fingerprint density at radius 1 is 1.16 bits per heavy atom. The molecule has 1 aromatic rings. The summed E-state index contributed by atoms with van der Waals surface area (Å²) in [6.07, 6.45) is 6.09. The minimum Gasteiger partial charge on any atom is -0.496 e. The number of ether oxygens (including phenoxy) is 2. The van der Waals surface area contributed by atoms with Crippen LogP contribution in [0.15, 0.2) is 18.2 Å². The summed E-state index contributed by atoms with van der Waals surface area (Å²) in [7, 11) is 3.36. The molecule has 2 N–H and O–H groups in total. The second-order valence-corrected chi connectivity index (χ2v) is 5.49. The van der Waals surface area contributed by atoms with Crippen LogP contribution in [-0.4, -0.2) is 19.8 Å². The lowest BCUT2D eigenvalue weighted by molar-refractivity contribution is 0.399. The van der Waals surface area contributed by atoms with Crippen molar-refractivity contribution in [3.63, 3.8) is 0 Å². The van der Waals surface area contributed by atoms with Gasteiger partial charge in [-0.2, -0.15) is 0 Å².